The van der Waals surface area contributed by atoms with Crippen molar-refractivity contribution in [3.05, 3.63) is 100 Å². The third-order valence-electron chi connectivity index (χ3n) is 3.62. The summed E-state index contributed by atoms with van der Waals surface area (Å²) < 4.78 is 1.44. The number of nitrogens with one attached hydrogen (secondary N) is 2. The maximum absolute atomic E-state index is 12.4. The van der Waals surface area contributed by atoms with Crippen LogP contribution < -0.4 is 10.9 Å². The second-order valence-corrected chi connectivity index (χ2v) is 5.44. The van der Waals surface area contributed by atoms with E-state index in [0.29, 0.717) is 17.7 Å². The molecule has 1 amide bonds. The fourth-order valence-corrected chi connectivity index (χ4v) is 2.34. The highest BCUT2D eigenvalue weighted by Crippen LogP contribution is 2.03. The molecular formula is C19H16N4O2. The van der Waals surface area contributed by atoms with Gasteiger partial charge in [0, 0.05) is 30.2 Å². The lowest BCUT2D eigenvalue weighted by Gasteiger charge is -2.10. The van der Waals surface area contributed by atoms with Gasteiger partial charge in [0.15, 0.2) is 0 Å². The number of hydrogen-bond acceptors (Lipinski definition) is 4. The zero-order chi connectivity index (χ0) is 17.6. The Hall–Kier alpha value is -3.54. The standard InChI is InChI=1S/C19H16N4O2/c20-18(15-6-2-1-3-7-15)22-19(25)16-8-9-17(24)23(13-16)12-14-5-4-10-21-11-14/h1-11,13H,12H2,(H2,20,22,25). The number of carbonyl (C=O) groups is 1. The van der Waals surface area contributed by atoms with Gasteiger partial charge in [-0.2, -0.15) is 0 Å². The normalized spacial score (nSPS) is 10.2. The van der Waals surface area contributed by atoms with Crippen molar-refractivity contribution >= 4 is 11.7 Å². The van der Waals surface area contributed by atoms with E-state index in [1.54, 1.807) is 42.7 Å². The van der Waals surface area contributed by atoms with E-state index in [4.69, 9.17) is 5.41 Å². The summed E-state index contributed by atoms with van der Waals surface area (Å²) in [6, 6.07) is 15.4. The molecule has 0 saturated heterocycles. The molecule has 0 aliphatic heterocycles. The number of amidine groups is 1. The second-order valence-electron chi connectivity index (χ2n) is 5.44. The van der Waals surface area contributed by atoms with E-state index in [1.807, 2.05) is 12.1 Å². The van der Waals surface area contributed by atoms with Crippen molar-refractivity contribution in [1.82, 2.24) is 14.9 Å². The first-order valence-electron chi connectivity index (χ1n) is 7.68. The molecule has 124 valence electrons. The maximum Gasteiger partial charge on any atom is 0.258 e. The van der Waals surface area contributed by atoms with E-state index in [9.17, 15) is 9.59 Å². The quantitative estimate of drug-likeness (QED) is 0.566. The number of aromatic nitrogens is 2. The Balaban J connectivity index is 1.78. The number of benzene rings is 1. The minimum absolute atomic E-state index is 0.00982. The number of hydrogen-bond donors (Lipinski definition) is 2. The Bertz CT molecular complexity index is 950. The second kappa shape index (κ2) is 7.35. The van der Waals surface area contributed by atoms with Gasteiger partial charge in [-0.1, -0.05) is 36.4 Å². The monoisotopic (exact) mass is 332 g/mol. The number of nitrogens with zero attached hydrogens (tertiary/aromatic N) is 2. The van der Waals surface area contributed by atoms with Crippen molar-refractivity contribution in [2.45, 2.75) is 6.54 Å². The predicted octanol–water partition coefficient (Wildman–Crippen LogP) is 2.05. The molecular weight excluding hydrogens is 316 g/mol. The van der Waals surface area contributed by atoms with Crippen LogP contribution in [-0.2, 0) is 6.54 Å². The average Bonchev–Trinajstić information content (AvgIpc) is 2.65. The molecule has 0 bridgehead atoms. The molecule has 0 aliphatic rings. The van der Waals surface area contributed by atoms with Crippen LogP contribution in [0, 0.1) is 5.41 Å². The van der Waals surface area contributed by atoms with E-state index >= 15 is 0 Å². The molecule has 0 unspecified atom stereocenters. The van der Waals surface area contributed by atoms with Crippen molar-refractivity contribution in [3.8, 4) is 0 Å². The molecule has 6 nitrogen and oxygen atoms in total. The van der Waals surface area contributed by atoms with Crippen LogP contribution in [0.25, 0.3) is 0 Å². The Morgan fingerprint density at radius 2 is 1.84 bits per heavy atom. The van der Waals surface area contributed by atoms with Gasteiger partial charge < -0.3 is 9.88 Å². The van der Waals surface area contributed by atoms with Crippen LogP contribution in [0.15, 0.2) is 78.0 Å². The van der Waals surface area contributed by atoms with Crippen LogP contribution in [0.4, 0.5) is 0 Å². The molecule has 3 rings (SSSR count). The Kier molecular flexibility index (Phi) is 4.80. The molecule has 1 aromatic carbocycles. The van der Waals surface area contributed by atoms with Crippen molar-refractivity contribution < 1.29 is 4.79 Å². The van der Waals surface area contributed by atoms with Gasteiger partial charge in [0.2, 0.25) is 0 Å². The van der Waals surface area contributed by atoms with Gasteiger partial charge in [-0.15, -0.1) is 0 Å². The van der Waals surface area contributed by atoms with Gasteiger partial charge in [0.25, 0.3) is 11.5 Å². The minimum Gasteiger partial charge on any atom is -0.310 e. The lowest BCUT2D eigenvalue weighted by Crippen LogP contribution is -2.32. The molecule has 0 aliphatic carbocycles. The highest BCUT2D eigenvalue weighted by atomic mass is 16.2. The van der Waals surface area contributed by atoms with Gasteiger partial charge in [-0.05, 0) is 17.7 Å². The highest BCUT2D eigenvalue weighted by molar-refractivity contribution is 6.11. The first-order chi connectivity index (χ1) is 12.1. The summed E-state index contributed by atoms with van der Waals surface area (Å²) >= 11 is 0. The molecule has 0 atom stereocenters. The van der Waals surface area contributed by atoms with Crippen molar-refractivity contribution in [2.75, 3.05) is 0 Å². The fourth-order valence-electron chi connectivity index (χ4n) is 2.34. The van der Waals surface area contributed by atoms with E-state index in [2.05, 4.69) is 10.3 Å². The van der Waals surface area contributed by atoms with Crippen LogP contribution in [-0.4, -0.2) is 21.3 Å². The molecule has 2 heterocycles. The van der Waals surface area contributed by atoms with Crippen molar-refractivity contribution in [2.24, 2.45) is 0 Å². The number of amides is 1. The van der Waals surface area contributed by atoms with Crippen LogP contribution >= 0.6 is 0 Å². The van der Waals surface area contributed by atoms with Crippen LogP contribution in [0.5, 0.6) is 0 Å². The van der Waals surface area contributed by atoms with Gasteiger partial charge in [-0.25, -0.2) is 0 Å². The van der Waals surface area contributed by atoms with Gasteiger partial charge in [0.05, 0.1) is 12.1 Å². The first-order valence-corrected chi connectivity index (χ1v) is 7.68. The van der Waals surface area contributed by atoms with E-state index in [1.165, 1.54) is 22.9 Å². The van der Waals surface area contributed by atoms with E-state index in [-0.39, 0.29) is 11.4 Å². The largest absolute Gasteiger partial charge is 0.310 e. The Morgan fingerprint density at radius 1 is 1.04 bits per heavy atom. The molecule has 0 spiro atoms. The number of carbonyl (C=O) groups excluding carboxylic acids is 1. The summed E-state index contributed by atoms with van der Waals surface area (Å²) in [5, 5.41) is 10.5. The lowest BCUT2D eigenvalue weighted by atomic mass is 10.2. The van der Waals surface area contributed by atoms with Crippen LogP contribution in [0.1, 0.15) is 21.5 Å². The Morgan fingerprint density at radius 3 is 2.56 bits per heavy atom. The van der Waals surface area contributed by atoms with Gasteiger partial charge in [0.1, 0.15) is 5.84 Å². The highest BCUT2D eigenvalue weighted by Gasteiger charge is 2.11. The Labute approximate surface area is 144 Å². The van der Waals surface area contributed by atoms with E-state index < -0.39 is 5.91 Å². The van der Waals surface area contributed by atoms with Gasteiger partial charge >= 0.3 is 0 Å². The van der Waals surface area contributed by atoms with Crippen LogP contribution in [0.2, 0.25) is 0 Å². The summed E-state index contributed by atoms with van der Waals surface area (Å²) in [7, 11) is 0. The molecule has 2 aromatic heterocycles. The molecule has 6 heteroatoms. The molecule has 25 heavy (non-hydrogen) atoms. The van der Waals surface area contributed by atoms with Crippen LogP contribution in [0.3, 0.4) is 0 Å². The average molecular weight is 332 g/mol. The summed E-state index contributed by atoms with van der Waals surface area (Å²) in [5.74, 6) is -0.426. The fraction of sp³-hybridized carbons (Fsp3) is 0.0526. The molecule has 0 saturated carbocycles. The van der Waals surface area contributed by atoms with E-state index in [0.717, 1.165) is 5.56 Å². The summed E-state index contributed by atoms with van der Waals surface area (Å²) in [6.45, 7) is 0.323. The smallest absolute Gasteiger partial charge is 0.258 e. The maximum atomic E-state index is 12.4. The summed E-state index contributed by atoms with van der Waals surface area (Å²) in [4.78, 5) is 28.4. The van der Waals surface area contributed by atoms with Crippen molar-refractivity contribution in [1.29, 1.82) is 5.41 Å². The third kappa shape index (κ3) is 4.06. The first kappa shape index (κ1) is 16.3. The van der Waals surface area contributed by atoms with Crippen molar-refractivity contribution in [3.63, 3.8) is 0 Å². The zero-order valence-corrected chi connectivity index (χ0v) is 13.3. The third-order valence-corrected chi connectivity index (χ3v) is 3.62. The summed E-state index contributed by atoms with van der Waals surface area (Å²) in [6.07, 6.45) is 4.82. The number of rotatable bonds is 4. The molecule has 0 fully saturated rings. The summed E-state index contributed by atoms with van der Waals surface area (Å²) in [5.41, 5.74) is 1.57. The molecule has 3 aromatic rings. The van der Waals surface area contributed by atoms with Gasteiger partial charge in [-0.3, -0.25) is 20.0 Å². The topological polar surface area (TPSA) is 87.8 Å². The zero-order valence-electron chi connectivity index (χ0n) is 13.3. The predicted molar refractivity (Wildman–Crippen MR) is 94.8 cm³/mol. The minimum atomic E-state index is -0.436. The number of pyridine rings is 2. The lowest BCUT2D eigenvalue weighted by molar-refractivity contribution is 0.0976. The molecule has 0 radical (unpaired) electrons. The SMILES string of the molecule is N=C(NC(=O)c1ccc(=O)n(Cc2cccnc2)c1)c1ccccc1. The molecule has 2 N–H and O–H groups in total.